The molecule has 1 unspecified atom stereocenters. The van der Waals surface area contributed by atoms with E-state index in [1.165, 1.54) is 0 Å². The Kier molecular flexibility index (Phi) is 4.52. The minimum atomic E-state index is -1.00. The van der Waals surface area contributed by atoms with Gasteiger partial charge in [0.2, 0.25) is 0 Å². The quantitative estimate of drug-likeness (QED) is 0.818. The van der Waals surface area contributed by atoms with Gasteiger partial charge in [-0.1, -0.05) is 26.0 Å². The Morgan fingerprint density at radius 2 is 2.12 bits per heavy atom. The molecule has 0 bridgehead atoms. The monoisotopic (exact) mass is 237 g/mol. The van der Waals surface area contributed by atoms with Gasteiger partial charge >= 0.3 is 5.97 Å². The first kappa shape index (κ1) is 13.5. The molecule has 0 aliphatic rings. The zero-order valence-electron chi connectivity index (χ0n) is 10.4. The Bertz CT molecular complexity index is 402. The third-order valence-electron chi connectivity index (χ3n) is 2.73. The molecule has 1 atom stereocenters. The highest BCUT2D eigenvalue weighted by Crippen LogP contribution is 2.25. The number of rotatable bonds is 5. The Labute approximate surface area is 101 Å². The van der Waals surface area contributed by atoms with Crippen LogP contribution in [0.4, 0.5) is 0 Å². The molecule has 3 N–H and O–H groups in total. The van der Waals surface area contributed by atoms with Crippen molar-refractivity contribution in [3.63, 3.8) is 0 Å². The van der Waals surface area contributed by atoms with Crippen LogP contribution in [0.15, 0.2) is 18.2 Å². The Hall–Kier alpha value is -1.55. The molecule has 94 valence electrons. The molecule has 0 fully saturated rings. The van der Waals surface area contributed by atoms with E-state index in [-0.39, 0.29) is 6.42 Å². The van der Waals surface area contributed by atoms with Crippen molar-refractivity contribution in [1.29, 1.82) is 0 Å². The number of benzene rings is 1. The lowest BCUT2D eigenvalue weighted by Gasteiger charge is -2.14. The number of nitrogens with two attached hydrogens (primary N) is 1. The van der Waals surface area contributed by atoms with E-state index in [1.807, 2.05) is 18.2 Å². The van der Waals surface area contributed by atoms with Crippen LogP contribution < -0.4 is 10.5 Å². The number of hydrogen-bond acceptors (Lipinski definition) is 3. The van der Waals surface area contributed by atoms with Crippen LogP contribution in [0.2, 0.25) is 0 Å². The van der Waals surface area contributed by atoms with E-state index in [1.54, 1.807) is 7.11 Å². The van der Waals surface area contributed by atoms with Crippen LogP contribution in [0, 0.1) is 0 Å². The van der Waals surface area contributed by atoms with Gasteiger partial charge in [0.05, 0.1) is 7.11 Å². The van der Waals surface area contributed by atoms with E-state index < -0.39 is 12.0 Å². The molecule has 0 saturated heterocycles. The van der Waals surface area contributed by atoms with Crippen molar-refractivity contribution in [3.8, 4) is 5.75 Å². The summed E-state index contributed by atoms with van der Waals surface area (Å²) < 4.78 is 5.27. The molecular weight excluding hydrogens is 218 g/mol. The predicted octanol–water partition coefficient (Wildman–Crippen LogP) is 1.77. The molecule has 0 spiro atoms. The molecule has 1 aromatic rings. The van der Waals surface area contributed by atoms with Crippen LogP contribution in [0.1, 0.15) is 30.9 Å². The zero-order valence-corrected chi connectivity index (χ0v) is 10.4. The number of carbonyl (C=O) groups is 1. The Balaban J connectivity index is 2.96. The Morgan fingerprint density at radius 3 is 2.59 bits per heavy atom. The van der Waals surface area contributed by atoms with Gasteiger partial charge in [0.25, 0.3) is 0 Å². The molecule has 0 radical (unpaired) electrons. The molecule has 4 nitrogen and oxygen atoms in total. The first-order valence-electron chi connectivity index (χ1n) is 5.61. The van der Waals surface area contributed by atoms with Crippen molar-refractivity contribution in [2.75, 3.05) is 7.11 Å². The van der Waals surface area contributed by atoms with Crippen LogP contribution in [-0.2, 0) is 11.2 Å². The average molecular weight is 237 g/mol. The lowest BCUT2D eigenvalue weighted by atomic mass is 9.98. The molecule has 0 heterocycles. The fraction of sp³-hybridized carbons (Fsp3) is 0.462. The summed E-state index contributed by atoms with van der Waals surface area (Å²) in [5.74, 6) is 0.110. The SMILES string of the molecule is COc1cc(C(C)C)ccc1CC(N)C(=O)O. The lowest BCUT2D eigenvalue weighted by molar-refractivity contribution is -0.138. The normalized spacial score (nSPS) is 12.5. The molecule has 4 heteroatoms. The molecule has 1 aromatic carbocycles. The molecule has 17 heavy (non-hydrogen) atoms. The summed E-state index contributed by atoms with van der Waals surface area (Å²) in [6.07, 6.45) is 0.275. The van der Waals surface area contributed by atoms with E-state index in [0.29, 0.717) is 11.7 Å². The molecule has 0 saturated carbocycles. The number of ether oxygens (including phenoxy) is 1. The van der Waals surface area contributed by atoms with Gasteiger partial charge in [-0.05, 0) is 23.1 Å². The smallest absolute Gasteiger partial charge is 0.320 e. The second kappa shape index (κ2) is 5.68. The minimum absolute atomic E-state index is 0.275. The van der Waals surface area contributed by atoms with Gasteiger partial charge in [-0.25, -0.2) is 0 Å². The summed E-state index contributed by atoms with van der Waals surface area (Å²) >= 11 is 0. The summed E-state index contributed by atoms with van der Waals surface area (Å²) in [5.41, 5.74) is 7.50. The molecule has 0 aliphatic heterocycles. The maximum atomic E-state index is 10.7. The first-order valence-corrected chi connectivity index (χ1v) is 5.61. The van der Waals surface area contributed by atoms with Gasteiger partial charge in [0, 0.05) is 6.42 Å². The topological polar surface area (TPSA) is 72.5 Å². The third-order valence-corrected chi connectivity index (χ3v) is 2.73. The highest BCUT2D eigenvalue weighted by atomic mass is 16.5. The van der Waals surface area contributed by atoms with Crippen molar-refractivity contribution >= 4 is 5.97 Å². The molecular formula is C13H19NO3. The van der Waals surface area contributed by atoms with E-state index in [4.69, 9.17) is 15.6 Å². The fourth-order valence-electron chi connectivity index (χ4n) is 1.61. The molecule has 0 aromatic heterocycles. The summed E-state index contributed by atoms with van der Waals surface area (Å²) in [7, 11) is 1.58. The van der Waals surface area contributed by atoms with Crippen LogP contribution in [-0.4, -0.2) is 24.2 Å². The van der Waals surface area contributed by atoms with E-state index >= 15 is 0 Å². The minimum Gasteiger partial charge on any atom is -0.496 e. The van der Waals surface area contributed by atoms with Crippen molar-refractivity contribution < 1.29 is 14.6 Å². The summed E-state index contributed by atoms with van der Waals surface area (Å²) in [6, 6.07) is 4.91. The van der Waals surface area contributed by atoms with E-state index in [2.05, 4.69) is 13.8 Å². The van der Waals surface area contributed by atoms with Crippen molar-refractivity contribution in [2.45, 2.75) is 32.2 Å². The zero-order chi connectivity index (χ0) is 13.0. The fourth-order valence-corrected chi connectivity index (χ4v) is 1.61. The summed E-state index contributed by atoms with van der Waals surface area (Å²) in [4.78, 5) is 10.7. The van der Waals surface area contributed by atoms with Gasteiger partial charge in [-0.3, -0.25) is 4.79 Å². The molecule has 1 rings (SSSR count). The van der Waals surface area contributed by atoms with E-state index in [0.717, 1.165) is 11.1 Å². The number of methoxy groups -OCH3 is 1. The maximum Gasteiger partial charge on any atom is 0.320 e. The number of aliphatic carboxylic acids is 1. The summed E-state index contributed by atoms with van der Waals surface area (Å²) in [6.45, 7) is 4.19. The van der Waals surface area contributed by atoms with Gasteiger partial charge < -0.3 is 15.6 Å². The maximum absolute atomic E-state index is 10.7. The van der Waals surface area contributed by atoms with Crippen LogP contribution >= 0.6 is 0 Å². The first-order chi connectivity index (χ1) is 7.95. The van der Waals surface area contributed by atoms with Gasteiger partial charge in [-0.2, -0.15) is 0 Å². The largest absolute Gasteiger partial charge is 0.496 e. The van der Waals surface area contributed by atoms with Crippen LogP contribution in [0.25, 0.3) is 0 Å². The third kappa shape index (κ3) is 3.46. The summed E-state index contributed by atoms with van der Waals surface area (Å²) in [5, 5.41) is 8.78. The standard InChI is InChI=1S/C13H19NO3/c1-8(2)9-4-5-10(12(7-9)17-3)6-11(14)13(15)16/h4-5,7-8,11H,6,14H2,1-3H3,(H,15,16). The highest BCUT2D eigenvalue weighted by Gasteiger charge is 2.15. The van der Waals surface area contributed by atoms with Crippen LogP contribution in [0.5, 0.6) is 5.75 Å². The second-order valence-electron chi connectivity index (χ2n) is 4.37. The van der Waals surface area contributed by atoms with Gasteiger partial charge in [0.1, 0.15) is 11.8 Å². The van der Waals surface area contributed by atoms with E-state index in [9.17, 15) is 4.79 Å². The number of carboxylic acids is 1. The second-order valence-corrected chi connectivity index (χ2v) is 4.37. The van der Waals surface area contributed by atoms with Crippen molar-refractivity contribution in [3.05, 3.63) is 29.3 Å². The average Bonchev–Trinajstić information content (AvgIpc) is 2.28. The predicted molar refractivity (Wildman–Crippen MR) is 66.4 cm³/mol. The lowest BCUT2D eigenvalue weighted by Crippen LogP contribution is -2.32. The van der Waals surface area contributed by atoms with Crippen molar-refractivity contribution in [1.82, 2.24) is 0 Å². The van der Waals surface area contributed by atoms with Crippen LogP contribution in [0.3, 0.4) is 0 Å². The van der Waals surface area contributed by atoms with Gasteiger partial charge in [-0.15, -0.1) is 0 Å². The van der Waals surface area contributed by atoms with Gasteiger partial charge in [0.15, 0.2) is 0 Å². The highest BCUT2D eigenvalue weighted by molar-refractivity contribution is 5.73. The number of hydrogen-bond donors (Lipinski definition) is 2. The molecule has 0 amide bonds. The molecule has 0 aliphatic carbocycles. The Morgan fingerprint density at radius 1 is 1.47 bits per heavy atom. The van der Waals surface area contributed by atoms with Crippen molar-refractivity contribution in [2.24, 2.45) is 5.73 Å². The number of carboxylic acid groups (broad SMARTS) is 1.